The number of aromatic nitrogens is 3. The summed E-state index contributed by atoms with van der Waals surface area (Å²) in [6, 6.07) is 0.703. The zero-order chi connectivity index (χ0) is 11.4. The van der Waals surface area contributed by atoms with Crippen molar-refractivity contribution in [2.45, 2.75) is 25.3 Å². The van der Waals surface area contributed by atoms with Crippen LogP contribution in [0.4, 0.5) is 5.82 Å². The van der Waals surface area contributed by atoms with Gasteiger partial charge in [0, 0.05) is 12.6 Å². The van der Waals surface area contributed by atoms with Gasteiger partial charge in [0.1, 0.15) is 0 Å². The van der Waals surface area contributed by atoms with Crippen LogP contribution in [0.15, 0.2) is 9.59 Å². The molecule has 1 aromatic heterocycles. The maximum absolute atomic E-state index is 11.2. The zero-order valence-corrected chi connectivity index (χ0v) is 8.88. The van der Waals surface area contributed by atoms with E-state index < -0.39 is 11.2 Å². The summed E-state index contributed by atoms with van der Waals surface area (Å²) < 4.78 is 0. The average Bonchev–Trinajstić information content (AvgIpc) is 3.04. The molecule has 88 valence electrons. The van der Waals surface area contributed by atoms with E-state index in [1.165, 1.54) is 12.8 Å². The first kappa shape index (κ1) is 10.9. The Kier molecular flexibility index (Phi) is 3.35. The minimum absolute atomic E-state index is 0.158. The quantitative estimate of drug-likeness (QED) is 0.466. The molecule has 1 aliphatic rings. The van der Waals surface area contributed by atoms with Crippen LogP contribution in [-0.2, 0) is 0 Å². The molecule has 7 heteroatoms. The predicted octanol–water partition coefficient (Wildman–Crippen LogP) is -0.988. The second kappa shape index (κ2) is 4.93. The lowest BCUT2D eigenvalue weighted by Crippen LogP contribution is -2.28. The van der Waals surface area contributed by atoms with Gasteiger partial charge in [-0.25, -0.2) is 9.89 Å². The van der Waals surface area contributed by atoms with Crippen LogP contribution in [0.1, 0.15) is 19.3 Å². The van der Waals surface area contributed by atoms with E-state index in [0.717, 1.165) is 13.0 Å². The first-order chi connectivity index (χ1) is 7.75. The van der Waals surface area contributed by atoms with Crippen molar-refractivity contribution in [3.8, 4) is 0 Å². The molecule has 0 spiro atoms. The maximum Gasteiger partial charge on any atom is 0.342 e. The largest absolute Gasteiger partial charge is 0.364 e. The van der Waals surface area contributed by atoms with Crippen molar-refractivity contribution in [1.82, 2.24) is 20.5 Å². The normalized spacial score (nSPS) is 15.0. The van der Waals surface area contributed by atoms with Crippen LogP contribution in [0.5, 0.6) is 0 Å². The van der Waals surface area contributed by atoms with Gasteiger partial charge in [0.15, 0.2) is 0 Å². The molecule has 0 amide bonds. The highest BCUT2D eigenvalue weighted by Gasteiger charge is 2.19. The molecule has 0 aliphatic heterocycles. The Morgan fingerprint density at radius 1 is 1.31 bits per heavy atom. The monoisotopic (exact) mass is 225 g/mol. The first-order valence-corrected chi connectivity index (χ1v) is 5.42. The smallest absolute Gasteiger partial charge is 0.342 e. The number of hydrogen-bond acceptors (Lipinski definition) is 5. The van der Waals surface area contributed by atoms with Crippen LogP contribution in [0.25, 0.3) is 0 Å². The molecule has 1 aromatic rings. The second-order valence-corrected chi connectivity index (χ2v) is 3.86. The Labute approximate surface area is 91.7 Å². The van der Waals surface area contributed by atoms with Gasteiger partial charge in [-0.05, 0) is 25.8 Å². The number of rotatable bonds is 6. The van der Waals surface area contributed by atoms with Gasteiger partial charge in [0.2, 0.25) is 5.82 Å². The lowest BCUT2D eigenvalue weighted by molar-refractivity contribution is 0.657. The summed E-state index contributed by atoms with van der Waals surface area (Å²) in [5, 5.41) is 12.0. The van der Waals surface area contributed by atoms with Gasteiger partial charge < -0.3 is 10.6 Å². The number of hydrogen-bond donors (Lipinski definition) is 4. The third kappa shape index (κ3) is 3.20. The summed E-state index contributed by atoms with van der Waals surface area (Å²) in [6.07, 6.45) is 3.46. The van der Waals surface area contributed by atoms with E-state index in [1.807, 2.05) is 0 Å². The molecule has 1 aliphatic carbocycles. The summed E-state index contributed by atoms with van der Waals surface area (Å²) >= 11 is 0. The van der Waals surface area contributed by atoms with E-state index in [0.29, 0.717) is 12.6 Å². The zero-order valence-electron chi connectivity index (χ0n) is 8.88. The highest BCUT2D eigenvalue weighted by atomic mass is 16.2. The number of H-pyrrole nitrogens is 2. The van der Waals surface area contributed by atoms with Gasteiger partial charge in [-0.15, -0.1) is 5.10 Å². The molecule has 0 bridgehead atoms. The van der Waals surface area contributed by atoms with Crippen molar-refractivity contribution < 1.29 is 0 Å². The Hall–Kier alpha value is -1.63. The van der Waals surface area contributed by atoms with Gasteiger partial charge in [-0.3, -0.25) is 9.78 Å². The van der Waals surface area contributed by atoms with Gasteiger partial charge >= 0.3 is 5.69 Å². The number of aromatic amines is 2. The number of nitrogens with one attached hydrogen (secondary N) is 4. The highest BCUT2D eigenvalue weighted by molar-refractivity contribution is 5.28. The molecule has 0 unspecified atom stereocenters. The van der Waals surface area contributed by atoms with E-state index in [1.54, 1.807) is 0 Å². The van der Waals surface area contributed by atoms with Gasteiger partial charge in [0.05, 0.1) is 0 Å². The van der Waals surface area contributed by atoms with Crippen LogP contribution in [0.3, 0.4) is 0 Å². The van der Waals surface area contributed by atoms with Crippen LogP contribution in [-0.4, -0.2) is 34.3 Å². The Morgan fingerprint density at radius 2 is 2.12 bits per heavy atom. The van der Waals surface area contributed by atoms with E-state index in [-0.39, 0.29) is 5.82 Å². The first-order valence-electron chi connectivity index (χ1n) is 5.42. The van der Waals surface area contributed by atoms with Gasteiger partial charge in [-0.1, -0.05) is 0 Å². The molecule has 0 atom stereocenters. The van der Waals surface area contributed by atoms with Crippen molar-refractivity contribution in [2.24, 2.45) is 0 Å². The minimum Gasteiger partial charge on any atom is -0.364 e. The molecule has 1 heterocycles. The standard InChI is InChI=1S/C9H15N5O2/c15-8-7(13-14-9(16)12-8)11-5-1-4-10-6-2-3-6/h6,10H,1-5H2,(H,11,13)(H2,12,14,15,16). The Bertz CT molecular complexity index is 448. The predicted molar refractivity (Wildman–Crippen MR) is 59.6 cm³/mol. The summed E-state index contributed by atoms with van der Waals surface area (Å²) in [5.41, 5.74) is -1.08. The third-order valence-electron chi connectivity index (χ3n) is 2.37. The van der Waals surface area contributed by atoms with Crippen molar-refractivity contribution in [3.63, 3.8) is 0 Å². The minimum atomic E-state index is -0.592. The van der Waals surface area contributed by atoms with E-state index >= 15 is 0 Å². The third-order valence-corrected chi connectivity index (χ3v) is 2.37. The van der Waals surface area contributed by atoms with Crippen molar-refractivity contribution in [1.29, 1.82) is 0 Å². The van der Waals surface area contributed by atoms with Gasteiger partial charge in [0.25, 0.3) is 5.56 Å². The average molecular weight is 225 g/mol. The maximum atomic E-state index is 11.2. The van der Waals surface area contributed by atoms with Crippen molar-refractivity contribution >= 4 is 5.82 Å². The molecular weight excluding hydrogens is 210 g/mol. The molecule has 1 fully saturated rings. The summed E-state index contributed by atoms with van der Waals surface area (Å²) in [7, 11) is 0. The molecular formula is C9H15N5O2. The molecule has 0 aromatic carbocycles. The fourth-order valence-electron chi connectivity index (χ4n) is 1.36. The SMILES string of the molecule is O=c1[nH]nc(NCCCNC2CC2)c(=O)[nH]1. The van der Waals surface area contributed by atoms with Crippen LogP contribution in [0, 0.1) is 0 Å². The highest BCUT2D eigenvalue weighted by Crippen LogP contribution is 2.18. The molecule has 4 N–H and O–H groups in total. The van der Waals surface area contributed by atoms with Crippen LogP contribution in [0.2, 0.25) is 0 Å². The molecule has 16 heavy (non-hydrogen) atoms. The Morgan fingerprint density at radius 3 is 2.81 bits per heavy atom. The lowest BCUT2D eigenvalue weighted by Gasteiger charge is -2.04. The number of nitrogens with zero attached hydrogens (tertiary/aromatic N) is 1. The van der Waals surface area contributed by atoms with Crippen molar-refractivity contribution in [3.05, 3.63) is 20.8 Å². The van der Waals surface area contributed by atoms with Gasteiger partial charge in [-0.2, -0.15) is 0 Å². The number of anilines is 1. The molecule has 2 rings (SSSR count). The molecule has 1 saturated carbocycles. The van der Waals surface area contributed by atoms with Crippen LogP contribution >= 0.6 is 0 Å². The molecule has 0 radical (unpaired) electrons. The lowest BCUT2D eigenvalue weighted by atomic mass is 10.4. The van der Waals surface area contributed by atoms with E-state index in [9.17, 15) is 9.59 Å². The summed E-state index contributed by atoms with van der Waals surface area (Å²) in [6.45, 7) is 1.58. The Balaban J connectivity index is 1.71. The second-order valence-electron chi connectivity index (χ2n) is 3.86. The topological polar surface area (TPSA) is 103 Å². The molecule has 0 saturated heterocycles. The van der Waals surface area contributed by atoms with E-state index in [2.05, 4.69) is 25.8 Å². The molecule has 7 nitrogen and oxygen atoms in total. The summed E-state index contributed by atoms with van der Waals surface area (Å²) in [4.78, 5) is 24.0. The fraction of sp³-hybridized carbons (Fsp3) is 0.667. The van der Waals surface area contributed by atoms with Crippen molar-refractivity contribution in [2.75, 3.05) is 18.4 Å². The fourth-order valence-corrected chi connectivity index (χ4v) is 1.36. The van der Waals surface area contributed by atoms with E-state index in [4.69, 9.17) is 0 Å². The van der Waals surface area contributed by atoms with Crippen LogP contribution < -0.4 is 21.9 Å². The summed E-state index contributed by atoms with van der Waals surface area (Å²) in [5.74, 6) is 0.158.